The van der Waals surface area contributed by atoms with E-state index >= 15 is 0 Å². The molecule has 0 saturated heterocycles. The third-order valence-electron chi connectivity index (χ3n) is 4.49. The number of carbonyl (C=O) groups excluding carboxylic acids is 1. The topological polar surface area (TPSA) is 55.1 Å². The van der Waals surface area contributed by atoms with Crippen molar-refractivity contribution >= 4 is 5.91 Å². The van der Waals surface area contributed by atoms with Crippen molar-refractivity contribution in [2.45, 2.75) is 52.0 Å². The van der Waals surface area contributed by atoms with E-state index in [4.69, 9.17) is 4.52 Å². The van der Waals surface area contributed by atoms with Crippen molar-refractivity contribution in [2.24, 2.45) is 0 Å². The third-order valence-corrected chi connectivity index (χ3v) is 4.49. The average Bonchev–Trinajstić information content (AvgIpc) is 2.84. The van der Waals surface area contributed by atoms with Gasteiger partial charge in [0.1, 0.15) is 5.76 Å². The number of carbonyl (C=O) groups is 1. The summed E-state index contributed by atoms with van der Waals surface area (Å²) < 4.78 is 5.14. The zero-order valence-electron chi connectivity index (χ0n) is 13.2. The van der Waals surface area contributed by atoms with E-state index in [0.717, 1.165) is 36.3 Å². The van der Waals surface area contributed by atoms with Gasteiger partial charge in [-0.1, -0.05) is 29.4 Å². The van der Waals surface area contributed by atoms with Gasteiger partial charge in [-0.2, -0.15) is 0 Å². The number of amides is 1. The number of benzene rings is 1. The highest BCUT2D eigenvalue weighted by atomic mass is 16.5. The van der Waals surface area contributed by atoms with Crippen molar-refractivity contribution in [2.75, 3.05) is 0 Å². The van der Waals surface area contributed by atoms with E-state index in [0.29, 0.717) is 12.8 Å². The predicted molar refractivity (Wildman–Crippen MR) is 84.6 cm³/mol. The third kappa shape index (κ3) is 3.06. The first-order valence-corrected chi connectivity index (χ1v) is 7.94. The number of fused-ring (bicyclic) bond motifs is 1. The van der Waals surface area contributed by atoms with Crippen molar-refractivity contribution in [1.29, 1.82) is 0 Å². The molecule has 0 radical (unpaired) electrons. The Kier molecular flexibility index (Phi) is 4.27. The predicted octanol–water partition coefficient (Wildman–Crippen LogP) is 3.42. The van der Waals surface area contributed by atoms with Gasteiger partial charge in [0.15, 0.2) is 0 Å². The molecule has 1 heterocycles. The molecule has 4 nitrogen and oxygen atoms in total. The van der Waals surface area contributed by atoms with E-state index in [1.54, 1.807) is 0 Å². The van der Waals surface area contributed by atoms with E-state index in [1.165, 1.54) is 11.1 Å². The lowest BCUT2D eigenvalue weighted by atomic mass is 9.87. The molecule has 0 aliphatic heterocycles. The number of hydrogen-bond acceptors (Lipinski definition) is 3. The first kappa shape index (κ1) is 14.8. The summed E-state index contributed by atoms with van der Waals surface area (Å²) in [5.74, 6) is 0.912. The second-order valence-electron chi connectivity index (χ2n) is 6.01. The van der Waals surface area contributed by atoms with Crippen molar-refractivity contribution in [3.8, 4) is 0 Å². The van der Waals surface area contributed by atoms with Crippen LogP contribution < -0.4 is 5.32 Å². The van der Waals surface area contributed by atoms with Crippen LogP contribution in [0.4, 0.5) is 0 Å². The molecule has 116 valence electrons. The summed E-state index contributed by atoms with van der Waals surface area (Å²) in [5, 5.41) is 7.12. The maximum Gasteiger partial charge on any atom is 0.220 e. The van der Waals surface area contributed by atoms with Gasteiger partial charge in [0, 0.05) is 12.0 Å². The molecule has 1 amide bonds. The van der Waals surface area contributed by atoms with Gasteiger partial charge in [0.05, 0.1) is 11.7 Å². The Labute approximate surface area is 130 Å². The molecule has 0 fully saturated rings. The van der Waals surface area contributed by atoms with Crippen LogP contribution in [0.25, 0.3) is 0 Å². The first-order valence-electron chi connectivity index (χ1n) is 7.94. The van der Waals surface area contributed by atoms with Crippen LogP contribution in [0, 0.1) is 13.8 Å². The Morgan fingerprint density at radius 1 is 1.36 bits per heavy atom. The quantitative estimate of drug-likeness (QED) is 0.941. The van der Waals surface area contributed by atoms with Gasteiger partial charge in [-0.05, 0) is 50.7 Å². The molecule has 1 aromatic carbocycles. The molecular formula is C18H22N2O2. The van der Waals surface area contributed by atoms with Gasteiger partial charge in [-0.3, -0.25) is 4.79 Å². The van der Waals surface area contributed by atoms with Gasteiger partial charge >= 0.3 is 0 Å². The van der Waals surface area contributed by atoms with Crippen molar-refractivity contribution in [3.05, 3.63) is 52.4 Å². The van der Waals surface area contributed by atoms with Crippen LogP contribution in [0.1, 0.15) is 53.4 Å². The molecule has 1 atom stereocenters. The molecule has 0 saturated carbocycles. The Morgan fingerprint density at radius 2 is 2.18 bits per heavy atom. The highest BCUT2D eigenvalue weighted by molar-refractivity contribution is 5.76. The highest BCUT2D eigenvalue weighted by Crippen LogP contribution is 2.29. The van der Waals surface area contributed by atoms with E-state index in [9.17, 15) is 4.79 Å². The molecule has 22 heavy (non-hydrogen) atoms. The molecule has 0 unspecified atom stereocenters. The first-order chi connectivity index (χ1) is 10.6. The van der Waals surface area contributed by atoms with Crippen molar-refractivity contribution in [3.63, 3.8) is 0 Å². The number of aryl methyl sites for hydroxylation is 3. The van der Waals surface area contributed by atoms with Crippen LogP contribution in [0.2, 0.25) is 0 Å². The normalized spacial score (nSPS) is 17.1. The second-order valence-corrected chi connectivity index (χ2v) is 6.01. The smallest absolute Gasteiger partial charge is 0.220 e. The number of hydrogen-bond donors (Lipinski definition) is 1. The summed E-state index contributed by atoms with van der Waals surface area (Å²) in [7, 11) is 0. The largest absolute Gasteiger partial charge is 0.361 e. The van der Waals surface area contributed by atoms with Crippen molar-refractivity contribution in [1.82, 2.24) is 10.5 Å². The van der Waals surface area contributed by atoms with Crippen LogP contribution in [-0.4, -0.2) is 11.1 Å². The zero-order chi connectivity index (χ0) is 15.5. The van der Waals surface area contributed by atoms with Crippen LogP contribution in [0.5, 0.6) is 0 Å². The van der Waals surface area contributed by atoms with E-state index in [-0.39, 0.29) is 11.9 Å². The van der Waals surface area contributed by atoms with E-state index < -0.39 is 0 Å². The standard InChI is InChI=1S/C18H22N2O2/c1-12-15(13(2)22-20-12)10-11-18(21)19-17-9-5-7-14-6-3-4-8-16(14)17/h3-4,6,8,17H,5,7,9-11H2,1-2H3,(H,19,21)/t17-/m0/s1. The fraction of sp³-hybridized carbons (Fsp3) is 0.444. The number of aromatic nitrogens is 1. The van der Waals surface area contributed by atoms with E-state index in [2.05, 4.69) is 28.7 Å². The number of rotatable bonds is 4. The van der Waals surface area contributed by atoms with Gasteiger partial charge < -0.3 is 9.84 Å². The molecule has 2 aromatic rings. The number of nitrogens with one attached hydrogen (secondary N) is 1. The van der Waals surface area contributed by atoms with Crippen LogP contribution in [0.3, 0.4) is 0 Å². The van der Waals surface area contributed by atoms with E-state index in [1.807, 2.05) is 19.9 Å². The zero-order valence-corrected chi connectivity index (χ0v) is 13.2. The summed E-state index contributed by atoms with van der Waals surface area (Å²) in [6, 6.07) is 8.57. The second kappa shape index (κ2) is 6.34. The van der Waals surface area contributed by atoms with Crippen LogP contribution in [-0.2, 0) is 17.6 Å². The van der Waals surface area contributed by atoms with Gasteiger partial charge in [0.25, 0.3) is 0 Å². The summed E-state index contributed by atoms with van der Waals surface area (Å²) in [6.07, 6.45) is 4.42. The summed E-state index contributed by atoms with van der Waals surface area (Å²) in [4.78, 5) is 12.3. The highest BCUT2D eigenvalue weighted by Gasteiger charge is 2.21. The lowest BCUT2D eigenvalue weighted by Gasteiger charge is -2.26. The molecule has 1 aliphatic carbocycles. The molecule has 3 rings (SSSR count). The maximum absolute atomic E-state index is 12.3. The number of nitrogens with zero attached hydrogens (tertiary/aromatic N) is 1. The molecule has 1 N–H and O–H groups in total. The minimum Gasteiger partial charge on any atom is -0.361 e. The van der Waals surface area contributed by atoms with Crippen LogP contribution in [0.15, 0.2) is 28.8 Å². The average molecular weight is 298 g/mol. The monoisotopic (exact) mass is 298 g/mol. The molecule has 4 heteroatoms. The molecule has 0 spiro atoms. The fourth-order valence-corrected chi connectivity index (χ4v) is 3.27. The van der Waals surface area contributed by atoms with Gasteiger partial charge in [-0.15, -0.1) is 0 Å². The van der Waals surface area contributed by atoms with Gasteiger partial charge in [0.2, 0.25) is 5.91 Å². The molecular weight excluding hydrogens is 276 g/mol. The Hall–Kier alpha value is -2.10. The summed E-state index contributed by atoms with van der Waals surface area (Å²) in [6.45, 7) is 3.81. The Balaban J connectivity index is 1.61. The SMILES string of the molecule is Cc1noc(C)c1CCC(=O)N[C@H]1CCCc2ccccc21. The van der Waals surface area contributed by atoms with Gasteiger partial charge in [-0.25, -0.2) is 0 Å². The fourth-order valence-electron chi connectivity index (χ4n) is 3.27. The van der Waals surface area contributed by atoms with Crippen LogP contribution >= 0.6 is 0 Å². The maximum atomic E-state index is 12.3. The molecule has 1 aliphatic rings. The Bertz CT molecular complexity index is 656. The summed E-state index contributed by atoms with van der Waals surface area (Å²) in [5.41, 5.74) is 4.58. The minimum absolute atomic E-state index is 0.0988. The lowest BCUT2D eigenvalue weighted by Crippen LogP contribution is -2.31. The Morgan fingerprint density at radius 3 is 2.95 bits per heavy atom. The molecule has 0 bridgehead atoms. The molecule has 1 aromatic heterocycles. The van der Waals surface area contributed by atoms with Crippen molar-refractivity contribution < 1.29 is 9.32 Å². The minimum atomic E-state index is 0.0988. The lowest BCUT2D eigenvalue weighted by molar-refractivity contribution is -0.121. The summed E-state index contributed by atoms with van der Waals surface area (Å²) >= 11 is 0.